The Hall–Kier alpha value is -4.00. The molecule has 0 saturated carbocycles. The summed E-state index contributed by atoms with van der Waals surface area (Å²) >= 11 is 0. The minimum Gasteiger partial charge on any atom is -0.465 e. The van der Waals surface area contributed by atoms with Crippen molar-refractivity contribution in [2.24, 2.45) is 0 Å². The number of hydrogen-bond acceptors (Lipinski definition) is 4. The number of hydrogen-bond donors (Lipinski definition) is 3. The topological polar surface area (TPSA) is 104 Å². The lowest BCUT2D eigenvalue weighted by Crippen LogP contribution is -2.08. The Balaban J connectivity index is 1.86. The van der Waals surface area contributed by atoms with Crippen LogP contribution in [0.2, 0.25) is 0 Å². The zero-order chi connectivity index (χ0) is 18.6. The van der Waals surface area contributed by atoms with Crippen molar-refractivity contribution < 1.29 is 9.90 Å². The van der Waals surface area contributed by atoms with Gasteiger partial charge in [-0.05, 0) is 24.3 Å². The van der Waals surface area contributed by atoms with Crippen molar-refractivity contribution in [3.8, 4) is 33.9 Å². The number of carbonyl (C=O) groups is 1. The average Bonchev–Trinajstić information content (AvgIpc) is 3.15. The van der Waals surface area contributed by atoms with Crippen molar-refractivity contribution in [3.05, 3.63) is 73.2 Å². The maximum absolute atomic E-state index is 10.9. The minimum absolute atomic E-state index is 0.247. The van der Waals surface area contributed by atoms with Crippen molar-refractivity contribution in [2.45, 2.75) is 0 Å². The van der Waals surface area contributed by atoms with E-state index >= 15 is 0 Å². The van der Waals surface area contributed by atoms with Crippen LogP contribution in [-0.4, -0.2) is 31.1 Å². The molecular formula is C20H15N5O2. The third-order valence-electron chi connectivity index (χ3n) is 3.99. The largest absolute Gasteiger partial charge is 0.465 e. The molecule has 0 atom stereocenters. The number of nitrogens with zero attached hydrogens (tertiary/aromatic N) is 3. The average molecular weight is 357 g/mol. The summed E-state index contributed by atoms with van der Waals surface area (Å²) in [6.45, 7) is 0. The molecule has 0 saturated heterocycles. The number of aromatic amines is 1. The van der Waals surface area contributed by atoms with Gasteiger partial charge < -0.3 is 10.1 Å². The quantitative estimate of drug-likeness (QED) is 0.505. The van der Waals surface area contributed by atoms with E-state index in [2.05, 4.69) is 20.3 Å². The van der Waals surface area contributed by atoms with Crippen LogP contribution >= 0.6 is 0 Å². The highest BCUT2D eigenvalue weighted by molar-refractivity contribution is 5.85. The van der Waals surface area contributed by atoms with Crippen LogP contribution in [0.4, 0.5) is 10.6 Å². The molecule has 3 N–H and O–H groups in total. The molecule has 132 valence electrons. The monoisotopic (exact) mass is 357 g/mol. The highest BCUT2D eigenvalue weighted by Gasteiger charge is 2.16. The summed E-state index contributed by atoms with van der Waals surface area (Å²) in [6.07, 6.45) is 3.81. The summed E-state index contributed by atoms with van der Waals surface area (Å²) in [5.74, 6) is 0.971. The van der Waals surface area contributed by atoms with Gasteiger partial charge in [0, 0.05) is 35.3 Å². The molecule has 7 heteroatoms. The predicted molar refractivity (Wildman–Crippen MR) is 102 cm³/mol. The minimum atomic E-state index is -1.16. The van der Waals surface area contributed by atoms with E-state index in [-0.39, 0.29) is 5.82 Å². The van der Waals surface area contributed by atoms with Gasteiger partial charge in [-0.25, -0.2) is 14.8 Å². The lowest BCUT2D eigenvalue weighted by Gasteiger charge is -2.05. The first-order valence-corrected chi connectivity index (χ1v) is 8.23. The first-order valence-electron chi connectivity index (χ1n) is 8.23. The molecule has 0 aliphatic heterocycles. The molecule has 0 fully saturated rings. The Kier molecular flexibility index (Phi) is 4.32. The van der Waals surface area contributed by atoms with Gasteiger partial charge in [0.1, 0.15) is 11.6 Å². The number of H-pyrrole nitrogens is 1. The van der Waals surface area contributed by atoms with E-state index in [9.17, 15) is 4.79 Å². The van der Waals surface area contributed by atoms with Crippen LogP contribution in [-0.2, 0) is 0 Å². The molecule has 27 heavy (non-hydrogen) atoms. The van der Waals surface area contributed by atoms with Gasteiger partial charge in [0.05, 0.1) is 11.4 Å². The van der Waals surface area contributed by atoms with Gasteiger partial charge in [0.25, 0.3) is 0 Å². The first-order chi connectivity index (χ1) is 13.2. The summed E-state index contributed by atoms with van der Waals surface area (Å²) in [5, 5.41) is 11.2. The SMILES string of the molecule is O=C(O)Nc1cc(-c2[nH]c(-c3ccccc3)nc2-c2ccncc2)ccn1. The fraction of sp³-hybridized carbons (Fsp3) is 0. The van der Waals surface area contributed by atoms with Gasteiger partial charge in [-0.3, -0.25) is 10.3 Å². The zero-order valence-corrected chi connectivity index (χ0v) is 14.1. The lowest BCUT2D eigenvalue weighted by molar-refractivity contribution is 0.209. The van der Waals surface area contributed by atoms with E-state index in [4.69, 9.17) is 10.1 Å². The summed E-state index contributed by atoms with van der Waals surface area (Å²) < 4.78 is 0. The Morgan fingerprint density at radius 1 is 0.926 bits per heavy atom. The van der Waals surface area contributed by atoms with Crippen LogP contribution in [0.15, 0.2) is 73.2 Å². The summed E-state index contributed by atoms with van der Waals surface area (Å²) in [6, 6.07) is 17.0. The Bertz CT molecular complexity index is 1080. The van der Waals surface area contributed by atoms with E-state index in [1.807, 2.05) is 42.5 Å². The van der Waals surface area contributed by atoms with E-state index in [1.165, 1.54) is 0 Å². The molecule has 1 aromatic carbocycles. The Morgan fingerprint density at radius 2 is 1.67 bits per heavy atom. The Morgan fingerprint density at radius 3 is 2.41 bits per heavy atom. The number of aromatic nitrogens is 4. The highest BCUT2D eigenvalue weighted by atomic mass is 16.4. The molecule has 0 aliphatic carbocycles. The highest BCUT2D eigenvalue weighted by Crippen LogP contribution is 2.33. The van der Waals surface area contributed by atoms with Gasteiger partial charge in [0.2, 0.25) is 0 Å². The number of imidazole rings is 1. The van der Waals surface area contributed by atoms with Gasteiger partial charge in [-0.15, -0.1) is 0 Å². The molecule has 0 radical (unpaired) electrons. The fourth-order valence-corrected chi connectivity index (χ4v) is 2.80. The molecule has 0 aliphatic rings. The van der Waals surface area contributed by atoms with Crippen LogP contribution in [0.5, 0.6) is 0 Å². The van der Waals surface area contributed by atoms with E-state index < -0.39 is 6.09 Å². The van der Waals surface area contributed by atoms with Gasteiger partial charge >= 0.3 is 6.09 Å². The molecule has 7 nitrogen and oxygen atoms in total. The number of nitrogens with one attached hydrogen (secondary N) is 2. The van der Waals surface area contributed by atoms with E-state index in [0.717, 1.165) is 33.9 Å². The third-order valence-corrected chi connectivity index (χ3v) is 3.99. The number of pyridine rings is 2. The van der Waals surface area contributed by atoms with Crippen LogP contribution in [0.3, 0.4) is 0 Å². The maximum atomic E-state index is 10.9. The van der Waals surface area contributed by atoms with Crippen molar-refractivity contribution in [1.82, 2.24) is 19.9 Å². The number of rotatable bonds is 4. The third kappa shape index (κ3) is 3.52. The van der Waals surface area contributed by atoms with Gasteiger partial charge in [-0.2, -0.15) is 0 Å². The second kappa shape index (κ2) is 7.09. The van der Waals surface area contributed by atoms with Crippen molar-refractivity contribution >= 4 is 11.9 Å². The van der Waals surface area contributed by atoms with Crippen LogP contribution in [0.1, 0.15) is 0 Å². The zero-order valence-electron chi connectivity index (χ0n) is 14.1. The van der Waals surface area contributed by atoms with Gasteiger partial charge in [-0.1, -0.05) is 30.3 Å². The van der Waals surface area contributed by atoms with Crippen LogP contribution in [0.25, 0.3) is 33.9 Å². The van der Waals surface area contributed by atoms with Gasteiger partial charge in [0.15, 0.2) is 0 Å². The molecule has 0 unspecified atom stereocenters. The number of amides is 1. The molecule has 3 heterocycles. The van der Waals surface area contributed by atoms with Crippen molar-refractivity contribution in [3.63, 3.8) is 0 Å². The predicted octanol–water partition coefficient (Wildman–Crippen LogP) is 4.29. The normalized spacial score (nSPS) is 10.5. The summed E-state index contributed by atoms with van der Waals surface area (Å²) in [7, 11) is 0. The number of anilines is 1. The van der Waals surface area contributed by atoms with Crippen LogP contribution in [0, 0.1) is 0 Å². The van der Waals surface area contributed by atoms with E-state index in [1.54, 1.807) is 30.7 Å². The molecule has 4 rings (SSSR count). The van der Waals surface area contributed by atoms with Crippen molar-refractivity contribution in [2.75, 3.05) is 5.32 Å². The number of carboxylic acid groups (broad SMARTS) is 1. The molecule has 1 amide bonds. The summed E-state index contributed by atoms with van der Waals surface area (Å²) in [5.41, 5.74) is 4.16. The first kappa shape index (κ1) is 16.5. The Labute approximate surface area is 154 Å². The lowest BCUT2D eigenvalue weighted by atomic mass is 10.1. The summed E-state index contributed by atoms with van der Waals surface area (Å²) in [4.78, 5) is 27.1. The van der Waals surface area contributed by atoms with E-state index in [0.29, 0.717) is 0 Å². The fourth-order valence-electron chi connectivity index (χ4n) is 2.80. The van der Waals surface area contributed by atoms with Crippen LogP contribution < -0.4 is 5.32 Å². The second-order valence-corrected chi connectivity index (χ2v) is 5.77. The maximum Gasteiger partial charge on any atom is 0.410 e. The standard InChI is InChI=1S/C20H15N5O2/c26-20(27)23-16-12-15(8-11-22-16)18-17(13-6-9-21-10-7-13)24-19(25-18)14-4-2-1-3-5-14/h1-12H,(H,22,23)(H,24,25)(H,26,27). The smallest absolute Gasteiger partial charge is 0.410 e. The molecule has 0 bridgehead atoms. The molecule has 0 spiro atoms. The van der Waals surface area contributed by atoms with Crippen molar-refractivity contribution in [1.29, 1.82) is 0 Å². The molecular weight excluding hydrogens is 342 g/mol. The number of benzene rings is 1. The molecule has 4 aromatic rings. The molecule has 3 aromatic heterocycles. The second-order valence-electron chi connectivity index (χ2n) is 5.77.